The Morgan fingerprint density at radius 3 is 2.68 bits per heavy atom. The fourth-order valence-electron chi connectivity index (χ4n) is 2.12. The van der Waals surface area contributed by atoms with E-state index in [9.17, 15) is 9.59 Å². The van der Waals surface area contributed by atoms with E-state index in [0.29, 0.717) is 30.0 Å². The Labute approximate surface area is 160 Å². The van der Waals surface area contributed by atoms with Crippen molar-refractivity contribution in [2.45, 2.75) is 24.7 Å². The van der Waals surface area contributed by atoms with Crippen molar-refractivity contribution in [3.63, 3.8) is 0 Å². The minimum absolute atomic E-state index is 0.0642. The lowest BCUT2D eigenvalue weighted by Crippen LogP contribution is -2.24. The molecular weight excluding hydrogens is 400 g/mol. The van der Waals surface area contributed by atoms with Crippen molar-refractivity contribution in [2.75, 3.05) is 17.6 Å². The Hall–Kier alpha value is -1.79. The molecule has 0 bridgehead atoms. The third kappa shape index (κ3) is 6.55. The van der Waals surface area contributed by atoms with Gasteiger partial charge in [0, 0.05) is 39.3 Å². The molecule has 0 atom stereocenters. The minimum Gasteiger partial charge on any atom is -0.352 e. The molecule has 2 aromatic carbocycles. The van der Waals surface area contributed by atoms with E-state index in [2.05, 4.69) is 26.6 Å². The average Bonchev–Trinajstić information content (AvgIpc) is 2.61. The Bertz CT molecular complexity index is 737. The number of benzene rings is 2. The molecule has 0 heterocycles. The molecule has 0 unspecified atom stereocenters. The van der Waals surface area contributed by atoms with Crippen molar-refractivity contribution < 1.29 is 9.59 Å². The van der Waals surface area contributed by atoms with E-state index >= 15 is 0 Å². The van der Waals surface area contributed by atoms with Crippen molar-refractivity contribution in [1.29, 1.82) is 0 Å². The second kappa shape index (κ2) is 10.3. The number of carbonyl (C=O) groups is 2. The number of amides is 2. The largest absolute Gasteiger partial charge is 0.352 e. The lowest BCUT2D eigenvalue weighted by Gasteiger charge is -2.08. The van der Waals surface area contributed by atoms with Crippen molar-refractivity contribution >= 4 is 45.2 Å². The second-order valence-electron chi connectivity index (χ2n) is 5.41. The molecule has 0 aliphatic heterocycles. The summed E-state index contributed by atoms with van der Waals surface area (Å²) in [5.41, 5.74) is 1.19. The molecule has 2 aromatic rings. The quantitative estimate of drug-likeness (QED) is 0.607. The van der Waals surface area contributed by atoms with Crippen LogP contribution < -0.4 is 10.6 Å². The van der Waals surface area contributed by atoms with Crippen molar-refractivity contribution in [3.05, 3.63) is 58.6 Å². The number of anilines is 1. The van der Waals surface area contributed by atoms with Gasteiger partial charge in [-0.2, -0.15) is 0 Å². The van der Waals surface area contributed by atoms with Crippen LogP contribution in [0.25, 0.3) is 0 Å². The van der Waals surface area contributed by atoms with Crippen LogP contribution in [0.2, 0.25) is 0 Å². The molecule has 6 heteroatoms. The normalized spacial score (nSPS) is 10.3. The Morgan fingerprint density at radius 2 is 1.92 bits per heavy atom. The highest BCUT2D eigenvalue weighted by Gasteiger charge is 2.08. The highest BCUT2D eigenvalue weighted by molar-refractivity contribution is 9.10. The van der Waals surface area contributed by atoms with Gasteiger partial charge in [0.1, 0.15) is 0 Å². The van der Waals surface area contributed by atoms with Gasteiger partial charge < -0.3 is 10.6 Å². The number of nitrogens with one attached hydrogen (secondary N) is 2. The molecule has 25 heavy (non-hydrogen) atoms. The summed E-state index contributed by atoms with van der Waals surface area (Å²) in [6.45, 7) is 2.64. The highest BCUT2D eigenvalue weighted by atomic mass is 79.9. The van der Waals surface area contributed by atoms with Gasteiger partial charge in [-0.1, -0.05) is 25.1 Å². The molecule has 0 radical (unpaired) electrons. The van der Waals surface area contributed by atoms with Gasteiger partial charge in [-0.05, 0) is 52.7 Å². The van der Waals surface area contributed by atoms with Gasteiger partial charge in [0.15, 0.2) is 0 Å². The molecular formula is C19H21BrN2O2S. The maximum absolute atomic E-state index is 12.1. The van der Waals surface area contributed by atoms with Crippen LogP contribution in [0.4, 0.5) is 5.69 Å². The second-order valence-corrected chi connectivity index (χ2v) is 7.40. The van der Waals surface area contributed by atoms with Crippen LogP contribution in [0, 0.1) is 0 Å². The van der Waals surface area contributed by atoms with Crippen LogP contribution in [0.1, 0.15) is 30.1 Å². The summed E-state index contributed by atoms with van der Waals surface area (Å²) in [6, 6.07) is 14.9. The van der Waals surface area contributed by atoms with Crippen LogP contribution >= 0.6 is 27.7 Å². The summed E-state index contributed by atoms with van der Waals surface area (Å²) < 4.78 is 1.03. The topological polar surface area (TPSA) is 58.2 Å². The van der Waals surface area contributed by atoms with Crippen molar-refractivity contribution in [1.82, 2.24) is 5.32 Å². The van der Waals surface area contributed by atoms with Crippen LogP contribution in [-0.2, 0) is 4.79 Å². The number of hydrogen-bond donors (Lipinski definition) is 2. The van der Waals surface area contributed by atoms with Crippen molar-refractivity contribution in [2.24, 2.45) is 0 Å². The molecule has 2 rings (SSSR count). The van der Waals surface area contributed by atoms with Crippen molar-refractivity contribution in [3.8, 4) is 0 Å². The van der Waals surface area contributed by atoms with Gasteiger partial charge >= 0.3 is 0 Å². The number of halogens is 1. The number of rotatable bonds is 8. The van der Waals surface area contributed by atoms with E-state index in [1.807, 2.05) is 31.2 Å². The first kappa shape index (κ1) is 19.5. The first-order chi connectivity index (χ1) is 12.1. The van der Waals surface area contributed by atoms with Gasteiger partial charge in [-0.15, -0.1) is 11.8 Å². The third-order valence-electron chi connectivity index (χ3n) is 3.37. The van der Waals surface area contributed by atoms with Gasteiger partial charge in [0.2, 0.25) is 5.91 Å². The van der Waals surface area contributed by atoms with Crippen LogP contribution in [0.3, 0.4) is 0 Å². The zero-order valence-electron chi connectivity index (χ0n) is 14.0. The molecule has 2 N–H and O–H groups in total. The third-order valence-corrected chi connectivity index (χ3v) is 5.40. The molecule has 0 spiro atoms. The first-order valence-corrected chi connectivity index (χ1v) is 9.93. The smallest absolute Gasteiger partial charge is 0.251 e. The number of hydrogen-bond acceptors (Lipinski definition) is 3. The fourth-order valence-corrected chi connectivity index (χ4v) is 3.63. The summed E-state index contributed by atoms with van der Waals surface area (Å²) in [5, 5.41) is 5.68. The summed E-state index contributed by atoms with van der Waals surface area (Å²) in [6.07, 6.45) is 1.29. The maximum atomic E-state index is 12.1. The van der Waals surface area contributed by atoms with E-state index < -0.39 is 0 Å². The van der Waals surface area contributed by atoms with E-state index in [1.54, 1.807) is 36.0 Å². The Balaban J connectivity index is 1.84. The van der Waals surface area contributed by atoms with E-state index in [0.717, 1.165) is 15.8 Å². The van der Waals surface area contributed by atoms with E-state index in [1.165, 1.54) is 0 Å². The number of carbonyl (C=O) groups excluding carboxylic acids is 2. The highest BCUT2D eigenvalue weighted by Crippen LogP contribution is 2.27. The number of thioether (sulfide) groups is 1. The molecule has 0 fully saturated rings. The van der Waals surface area contributed by atoms with Crippen LogP contribution in [-0.4, -0.2) is 24.1 Å². The van der Waals surface area contributed by atoms with Crippen LogP contribution in [0.5, 0.6) is 0 Å². The van der Waals surface area contributed by atoms with Gasteiger partial charge in [-0.25, -0.2) is 0 Å². The summed E-state index contributed by atoms with van der Waals surface area (Å²) in [7, 11) is 0. The lowest BCUT2D eigenvalue weighted by molar-refractivity contribution is -0.115. The lowest BCUT2D eigenvalue weighted by atomic mass is 10.2. The SMILES string of the molecule is CCCNC(=O)c1cccc(NC(=O)CCSc2ccccc2Br)c1. The molecule has 0 aliphatic rings. The molecule has 132 valence electrons. The van der Waals surface area contributed by atoms with E-state index in [-0.39, 0.29) is 11.8 Å². The molecule has 4 nitrogen and oxygen atoms in total. The fraction of sp³-hybridized carbons (Fsp3) is 0.263. The average molecular weight is 421 g/mol. The molecule has 0 saturated carbocycles. The molecule has 2 amide bonds. The summed E-state index contributed by atoms with van der Waals surface area (Å²) in [5.74, 6) is 0.499. The predicted octanol–water partition coefficient (Wildman–Crippen LogP) is 4.71. The molecule has 0 saturated heterocycles. The standard InChI is InChI=1S/C19H21BrN2O2S/c1-2-11-21-19(24)14-6-5-7-15(13-14)22-18(23)10-12-25-17-9-4-3-8-16(17)20/h3-9,13H,2,10-12H2,1H3,(H,21,24)(H,22,23). The van der Waals surface area contributed by atoms with Crippen LogP contribution in [0.15, 0.2) is 57.9 Å². The predicted molar refractivity (Wildman–Crippen MR) is 107 cm³/mol. The van der Waals surface area contributed by atoms with Gasteiger partial charge in [-0.3, -0.25) is 9.59 Å². The minimum atomic E-state index is -0.123. The Morgan fingerprint density at radius 1 is 1.12 bits per heavy atom. The van der Waals surface area contributed by atoms with Gasteiger partial charge in [0.25, 0.3) is 5.91 Å². The molecule has 0 aromatic heterocycles. The van der Waals surface area contributed by atoms with E-state index in [4.69, 9.17) is 0 Å². The summed E-state index contributed by atoms with van der Waals surface area (Å²) in [4.78, 5) is 25.2. The summed E-state index contributed by atoms with van der Waals surface area (Å²) >= 11 is 5.13. The monoisotopic (exact) mass is 420 g/mol. The maximum Gasteiger partial charge on any atom is 0.251 e. The van der Waals surface area contributed by atoms with Gasteiger partial charge in [0.05, 0.1) is 0 Å². The zero-order chi connectivity index (χ0) is 18.1. The molecule has 0 aliphatic carbocycles. The first-order valence-electron chi connectivity index (χ1n) is 8.15. The zero-order valence-corrected chi connectivity index (χ0v) is 16.5. The Kier molecular flexibility index (Phi) is 8.01.